The van der Waals surface area contributed by atoms with Gasteiger partial charge in [0.1, 0.15) is 0 Å². The number of anilines is 1. The van der Waals surface area contributed by atoms with Crippen molar-refractivity contribution in [3.8, 4) is 0 Å². The Kier molecular flexibility index (Phi) is 2.86. The number of benzene rings is 1. The maximum atomic E-state index is 12.8. The molecule has 7 heteroatoms. The fraction of sp³-hybridized carbons (Fsp3) is 0.250. The van der Waals surface area contributed by atoms with Gasteiger partial charge in [-0.3, -0.25) is 0 Å². The van der Waals surface area contributed by atoms with Crippen LogP contribution in [0.2, 0.25) is 0 Å². The zero-order valence-electron chi connectivity index (χ0n) is 7.15. The highest BCUT2D eigenvalue weighted by Crippen LogP contribution is 2.44. The minimum atomic E-state index is -5.63. The largest absolute Gasteiger partial charge is 0.458 e. The van der Waals surface area contributed by atoms with Crippen LogP contribution in [0.3, 0.4) is 0 Å². The van der Waals surface area contributed by atoms with Crippen molar-refractivity contribution in [2.45, 2.75) is 17.0 Å². The van der Waals surface area contributed by atoms with E-state index >= 15 is 0 Å². The van der Waals surface area contributed by atoms with Gasteiger partial charge in [-0.15, -0.1) is 12.6 Å². The van der Waals surface area contributed by atoms with E-state index in [-0.39, 0.29) is 10.6 Å². The van der Waals surface area contributed by atoms with E-state index in [1.165, 1.54) is 0 Å². The number of hydrogen-bond acceptors (Lipinski definition) is 2. The van der Waals surface area contributed by atoms with Gasteiger partial charge in [-0.25, -0.2) is 0 Å². The van der Waals surface area contributed by atoms with Crippen LogP contribution in [0.15, 0.2) is 23.1 Å². The summed E-state index contributed by atoms with van der Waals surface area (Å²) in [7, 11) is 0. The number of thiol groups is 1. The molecule has 0 spiro atoms. The van der Waals surface area contributed by atoms with Gasteiger partial charge in [0.25, 0.3) is 0 Å². The number of halogens is 5. The Bertz CT molecular complexity index is 374. The predicted octanol–water partition coefficient (Wildman–Crippen LogP) is 3.21. The molecule has 84 valence electrons. The van der Waals surface area contributed by atoms with Crippen molar-refractivity contribution in [1.29, 1.82) is 0 Å². The third-order valence-corrected chi connectivity index (χ3v) is 2.15. The molecule has 1 rings (SSSR count). The van der Waals surface area contributed by atoms with Gasteiger partial charge in [-0.2, -0.15) is 22.0 Å². The molecule has 2 N–H and O–H groups in total. The third kappa shape index (κ3) is 2.17. The fourth-order valence-corrected chi connectivity index (χ4v) is 1.05. The first-order valence-electron chi connectivity index (χ1n) is 3.70. The zero-order valence-corrected chi connectivity index (χ0v) is 8.04. The Hall–Kier alpha value is -0.980. The van der Waals surface area contributed by atoms with Crippen molar-refractivity contribution in [2.75, 3.05) is 5.73 Å². The summed E-state index contributed by atoms with van der Waals surface area (Å²) in [5, 5.41) is 0. The molecule has 0 heterocycles. The Labute approximate surface area is 87.5 Å². The van der Waals surface area contributed by atoms with E-state index < -0.39 is 17.7 Å². The van der Waals surface area contributed by atoms with E-state index in [1.807, 2.05) is 0 Å². The third-order valence-electron chi connectivity index (χ3n) is 1.75. The minimum Gasteiger partial charge on any atom is -0.398 e. The molecule has 0 radical (unpaired) electrons. The lowest BCUT2D eigenvalue weighted by atomic mass is 10.1. The van der Waals surface area contributed by atoms with Gasteiger partial charge in [0, 0.05) is 16.1 Å². The minimum absolute atomic E-state index is 0.150. The molecule has 0 aliphatic heterocycles. The van der Waals surface area contributed by atoms with Crippen LogP contribution in [0.5, 0.6) is 0 Å². The number of hydrogen-bond donors (Lipinski definition) is 2. The van der Waals surface area contributed by atoms with Crippen molar-refractivity contribution in [1.82, 2.24) is 0 Å². The van der Waals surface area contributed by atoms with Crippen molar-refractivity contribution >= 4 is 18.3 Å². The lowest BCUT2D eigenvalue weighted by Gasteiger charge is -2.20. The summed E-state index contributed by atoms with van der Waals surface area (Å²) < 4.78 is 61.4. The molecule has 15 heavy (non-hydrogen) atoms. The number of rotatable bonds is 1. The second kappa shape index (κ2) is 3.55. The average Bonchev–Trinajstić information content (AvgIpc) is 2.07. The maximum absolute atomic E-state index is 12.8. The maximum Gasteiger partial charge on any atom is 0.458 e. The Morgan fingerprint density at radius 1 is 1.07 bits per heavy atom. The van der Waals surface area contributed by atoms with Crippen LogP contribution in [-0.2, 0) is 5.92 Å². The van der Waals surface area contributed by atoms with Crippen LogP contribution in [0.1, 0.15) is 5.56 Å². The normalized spacial score (nSPS) is 12.9. The van der Waals surface area contributed by atoms with E-state index in [2.05, 4.69) is 12.6 Å². The van der Waals surface area contributed by atoms with E-state index in [4.69, 9.17) is 5.73 Å². The second-order valence-corrected chi connectivity index (χ2v) is 3.33. The van der Waals surface area contributed by atoms with Gasteiger partial charge in [-0.05, 0) is 12.1 Å². The summed E-state index contributed by atoms with van der Waals surface area (Å²) in [6.07, 6.45) is -5.63. The molecule has 0 unspecified atom stereocenters. The highest BCUT2D eigenvalue weighted by Gasteiger charge is 2.58. The highest BCUT2D eigenvalue weighted by molar-refractivity contribution is 7.80. The molecule has 0 aromatic heterocycles. The smallest absolute Gasteiger partial charge is 0.398 e. The van der Waals surface area contributed by atoms with Crippen LogP contribution in [-0.4, -0.2) is 6.18 Å². The first-order chi connectivity index (χ1) is 6.66. The SMILES string of the molecule is Nc1cc(C(F)(F)C(F)(F)F)ccc1S. The molecule has 1 nitrogen and oxygen atoms in total. The van der Waals surface area contributed by atoms with Gasteiger partial charge in [0.05, 0.1) is 0 Å². The molecule has 0 amide bonds. The van der Waals surface area contributed by atoms with Crippen LogP contribution in [0, 0.1) is 0 Å². The summed E-state index contributed by atoms with van der Waals surface area (Å²) in [5.41, 5.74) is 3.77. The molecular formula is C8H6F5NS. The van der Waals surface area contributed by atoms with Crippen LogP contribution < -0.4 is 5.73 Å². The van der Waals surface area contributed by atoms with Crippen molar-refractivity contribution in [2.24, 2.45) is 0 Å². The summed E-state index contributed by atoms with van der Waals surface area (Å²) in [6, 6.07) is 2.20. The van der Waals surface area contributed by atoms with Gasteiger partial charge < -0.3 is 5.73 Å². The molecule has 0 fully saturated rings. The first kappa shape index (κ1) is 12.1. The molecule has 0 saturated heterocycles. The quantitative estimate of drug-likeness (QED) is 0.442. The summed E-state index contributed by atoms with van der Waals surface area (Å²) in [5.74, 6) is -4.90. The fourth-order valence-electron chi connectivity index (χ4n) is 0.913. The Morgan fingerprint density at radius 3 is 2.00 bits per heavy atom. The molecule has 0 aliphatic carbocycles. The number of alkyl halides is 5. The lowest BCUT2D eigenvalue weighted by Crippen LogP contribution is -2.33. The Morgan fingerprint density at radius 2 is 1.60 bits per heavy atom. The highest BCUT2D eigenvalue weighted by atomic mass is 32.1. The first-order valence-corrected chi connectivity index (χ1v) is 4.14. The number of nitrogen functional groups attached to an aromatic ring is 1. The molecule has 1 aromatic carbocycles. The monoisotopic (exact) mass is 243 g/mol. The van der Waals surface area contributed by atoms with Gasteiger partial charge >= 0.3 is 12.1 Å². The van der Waals surface area contributed by atoms with Gasteiger partial charge in [0.2, 0.25) is 0 Å². The van der Waals surface area contributed by atoms with Crippen LogP contribution in [0.25, 0.3) is 0 Å². The predicted molar refractivity (Wildman–Crippen MR) is 48.1 cm³/mol. The number of nitrogens with two attached hydrogens (primary N) is 1. The van der Waals surface area contributed by atoms with Gasteiger partial charge in [0.15, 0.2) is 0 Å². The van der Waals surface area contributed by atoms with Crippen molar-refractivity contribution < 1.29 is 22.0 Å². The average molecular weight is 243 g/mol. The summed E-state index contributed by atoms with van der Waals surface area (Å²) in [6.45, 7) is 0. The van der Waals surface area contributed by atoms with E-state index in [0.717, 1.165) is 6.07 Å². The van der Waals surface area contributed by atoms with E-state index in [0.29, 0.717) is 12.1 Å². The molecule has 1 aromatic rings. The standard InChI is InChI=1S/C8H6F5NS/c9-7(10,8(11,12)13)4-1-2-6(15)5(14)3-4/h1-3,15H,14H2. The molecule has 0 bridgehead atoms. The van der Waals surface area contributed by atoms with Crippen LogP contribution >= 0.6 is 12.6 Å². The van der Waals surface area contributed by atoms with Crippen LogP contribution in [0.4, 0.5) is 27.6 Å². The molecule has 0 saturated carbocycles. The topological polar surface area (TPSA) is 26.0 Å². The van der Waals surface area contributed by atoms with E-state index in [1.54, 1.807) is 0 Å². The molecule has 0 aliphatic rings. The Balaban J connectivity index is 3.22. The lowest BCUT2D eigenvalue weighted by molar-refractivity contribution is -0.289. The van der Waals surface area contributed by atoms with Crippen molar-refractivity contribution in [3.05, 3.63) is 23.8 Å². The van der Waals surface area contributed by atoms with Gasteiger partial charge in [-0.1, -0.05) is 6.07 Å². The zero-order chi connectivity index (χ0) is 11.9. The summed E-state index contributed by atoms with van der Waals surface area (Å²) in [4.78, 5) is 0.150. The second-order valence-electron chi connectivity index (χ2n) is 2.85. The van der Waals surface area contributed by atoms with Crippen molar-refractivity contribution in [3.63, 3.8) is 0 Å². The van der Waals surface area contributed by atoms with E-state index in [9.17, 15) is 22.0 Å². The molecule has 0 atom stereocenters. The summed E-state index contributed by atoms with van der Waals surface area (Å²) >= 11 is 3.76. The molecular weight excluding hydrogens is 237 g/mol.